The predicted octanol–water partition coefficient (Wildman–Crippen LogP) is -0.364. The Kier molecular flexibility index (Phi) is 4.92. The van der Waals surface area contributed by atoms with Crippen molar-refractivity contribution in [2.75, 3.05) is 12.3 Å². The lowest BCUT2D eigenvalue weighted by molar-refractivity contribution is -0.142. The summed E-state index contributed by atoms with van der Waals surface area (Å²) in [6, 6.07) is -1.90. The van der Waals surface area contributed by atoms with Crippen LogP contribution in [-0.4, -0.2) is 54.1 Å². The van der Waals surface area contributed by atoms with Crippen LogP contribution < -0.4 is 5.32 Å². The van der Waals surface area contributed by atoms with Gasteiger partial charge in [0.2, 0.25) is 15.9 Å². The van der Waals surface area contributed by atoms with Crippen molar-refractivity contribution in [3.8, 4) is 0 Å². The van der Waals surface area contributed by atoms with Crippen molar-refractivity contribution in [2.24, 2.45) is 5.92 Å². The molecule has 1 unspecified atom stereocenters. The summed E-state index contributed by atoms with van der Waals surface area (Å²) < 4.78 is 24.9. The lowest BCUT2D eigenvalue weighted by atomic mass is 10.0. The SMILES string of the molecule is CC(C)C(C(=O)N[C@@H](C)C(=O)O)N1CCCS1(=O)=O. The normalized spacial score (nSPS) is 22.1. The number of nitrogens with zero attached hydrogens (tertiary/aromatic N) is 1. The summed E-state index contributed by atoms with van der Waals surface area (Å²) in [5.74, 6) is -1.90. The number of carboxylic acid groups (broad SMARTS) is 1. The zero-order valence-corrected chi connectivity index (χ0v) is 12.1. The molecule has 2 atom stereocenters. The van der Waals surface area contributed by atoms with E-state index < -0.39 is 34.0 Å². The first kappa shape index (κ1) is 15.9. The van der Waals surface area contributed by atoms with E-state index in [4.69, 9.17) is 5.11 Å². The number of amides is 1. The van der Waals surface area contributed by atoms with Crippen LogP contribution in [0.4, 0.5) is 0 Å². The van der Waals surface area contributed by atoms with E-state index in [1.54, 1.807) is 13.8 Å². The molecular formula is C11H20N2O5S. The van der Waals surface area contributed by atoms with Crippen LogP contribution in [0, 0.1) is 5.92 Å². The highest BCUT2D eigenvalue weighted by Gasteiger charge is 2.40. The first-order valence-electron chi connectivity index (χ1n) is 6.19. The van der Waals surface area contributed by atoms with Gasteiger partial charge in [0.25, 0.3) is 0 Å². The van der Waals surface area contributed by atoms with Crippen molar-refractivity contribution in [1.29, 1.82) is 0 Å². The predicted molar refractivity (Wildman–Crippen MR) is 69.0 cm³/mol. The molecule has 0 bridgehead atoms. The molecule has 0 aliphatic carbocycles. The van der Waals surface area contributed by atoms with Gasteiger partial charge >= 0.3 is 5.97 Å². The Morgan fingerprint density at radius 1 is 1.26 bits per heavy atom. The second-order valence-electron chi connectivity index (χ2n) is 5.04. The molecule has 0 spiro atoms. The third kappa shape index (κ3) is 3.66. The van der Waals surface area contributed by atoms with Gasteiger partial charge in [-0.25, -0.2) is 8.42 Å². The molecular weight excluding hydrogens is 272 g/mol. The van der Waals surface area contributed by atoms with E-state index in [0.717, 1.165) is 0 Å². The molecule has 19 heavy (non-hydrogen) atoms. The molecule has 1 aliphatic heterocycles. The smallest absolute Gasteiger partial charge is 0.325 e. The third-order valence-corrected chi connectivity index (χ3v) is 5.01. The minimum absolute atomic E-state index is 0.0397. The highest BCUT2D eigenvalue weighted by atomic mass is 32.2. The Morgan fingerprint density at radius 2 is 1.84 bits per heavy atom. The number of carboxylic acids is 1. The minimum Gasteiger partial charge on any atom is -0.480 e. The van der Waals surface area contributed by atoms with E-state index in [1.165, 1.54) is 11.2 Å². The van der Waals surface area contributed by atoms with Gasteiger partial charge in [-0.15, -0.1) is 0 Å². The van der Waals surface area contributed by atoms with Crippen molar-refractivity contribution in [3.05, 3.63) is 0 Å². The van der Waals surface area contributed by atoms with Gasteiger partial charge in [-0.05, 0) is 19.3 Å². The molecule has 8 heteroatoms. The maximum Gasteiger partial charge on any atom is 0.325 e. The zero-order valence-electron chi connectivity index (χ0n) is 11.3. The van der Waals surface area contributed by atoms with E-state index in [2.05, 4.69) is 5.32 Å². The Labute approximate surface area is 113 Å². The van der Waals surface area contributed by atoms with E-state index in [9.17, 15) is 18.0 Å². The molecule has 1 rings (SSSR count). The molecule has 2 N–H and O–H groups in total. The van der Waals surface area contributed by atoms with Crippen LogP contribution >= 0.6 is 0 Å². The van der Waals surface area contributed by atoms with Crippen LogP contribution in [0.25, 0.3) is 0 Å². The van der Waals surface area contributed by atoms with Crippen LogP contribution in [0.2, 0.25) is 0 Å². The lowest BCUT2D eigenvalue weighted by Crippen LogP contribution is -2.53. The molecule has 1 heterocycles. The molecule has 1 saturated heterocycles. The quantitative estimate of drug-likeness (QED) is 0.720. The maximum absolute atomic E-state index is 12.1. The molecule has 0 aromatic rings. The minimum atomic E-state index is -3.41. The number of sulfonamides is 1. The topological polar surface area (TPSA) is 104 Å². The average Bonchev–Trinajstić information content (AvgIpc) is 2.58. The molecule has 0 aromatic heterocycles. The summed E-state index contributed by atoms with van der Waals surface area (Å²) in [5, 5.41) is 11.1. The van der Waals surface area contributed by atoms with Crippen molar-refractivity contribution in [2.45, 2.75) is 39.3 Å². The maximum atomic E-state index is 12.1. The van der Waals surface area contributed by atoms with Crippen LogP contribution in [0.5, 0.6) is 0 Å². The van der Waals surface area contributed by atoms with Gasteiger partial charge < -0.3 is 10.4 Å². The Morgan fingerprint density at radius 3 is 2.21 bits per heavy atom. The Hall–Kier alpha value is -1.15. The summed E-state index contributed by atoms with van der Waals surface area (Å²) in [5.41, 5.74) is 0. The second-order valence-corrected chi connectivity index (χ2v) is 7.08. The van der Waals surface area contributed by atoms with E-state index in [0.29, 0.717) is 13.0 Å². The summed E-state index contributed by atoms with van der Waals surface area (Å²) in [7, 11) is -3.41. The van der Waals surface area contributed by atoms with Gasteiger partial charge in [0, 0.05) is 6.54 Å². The highest BCUT2D eigenvalue weighted by Crippen LogP contribution is 2.22. The standard InChI is InChI=1S/C11H20N2O5S/c1-7(2)9(10(14)12-8(3)11(15)16)13-5-4-6-19(13,17)18/h7-9H,4-6H2,1-3H3,(H,12,14)(H,15,16)/t8-,9?/m0/s1. The third-order valence-electron chi connectivity index (χ3n) is 3.08. The number of hydrogen-bond acceptors (Lipinski definition) is 4. The molecule has 110 valence electrons. The van der Waals surface area contributed by atoms with Gasteiger partial charge in [0.05, 0.1) is 5.75 Å². The molecule has 1 fully saturated rings. The van der Waals surface area contributed by atoms with Gasteiger partial charge in [0.1, 0.15) is 12.1 Å². The average molecular weight is 292 g/mol. The number of aliphatic carboxylic acids is 1. The van der Waals surface area contributed by atoms with Gasteiger partial charge in [-0.3, -0.25) is 9.59 Å². The number of carbonyl (C=O) groups excluding carboxylic acids is 1. The van der Waals surface area contributed by atoms with Crippen LogP contribution in [0.3, 0.4) is 0 Å². The monoisotopic (exact) mass is 292 g/mol. The lowest BCUT2D eigenvalue weighted by Gasteiger charge is -2.29. The zero-order chi connectivity index (χ0) is 14.8. The van der Waals surface area contributed by atoms with Gasteiger partial charge in [-0.1, -0.05) is 13.8 Å². The molecule has 0 aromatic carbocycles. The van der Waals surface area contributed by atoms with Crippen molar-refractivity contribution in [1.82, 2.24) is 9.62 Å². The van der Waals surface area contributed by atoms with Crippen LogP contribution in [0.1, 0.15) is 27.2 Å². The molecule has 1 aliphatic rings. The number of carbonyl (C=O) groups is 2. The Balaban J connectivity index is 2.90. The first-order valence-corrected chi connectivity index (χ1v) is 7.80. The summed E-state index contributed by atoms with van der Waals surface area (Å²) in [4.78, 5) is 22.8. The van der Waals surface area contributed by atoms with Crippen LogP contribution in [-0.2, 0) is 19.6 Å². The molecule has 7 nitrogen and oxygen atoms in total. The van der Waals surface area contributed by atoms with Crippen LogP contribution in [0.15, 0.2) is 0 Å². The number of rotatable bonds is 5. The summed E-state index contributed by atoms with van der Waals surface area (Å²) >= 11 is 0. The van der Waals surface area contributed by atoms with Crippen molar-refractivity contribution in [3.63, 3.8) is 0 Å². The van der Waals surface area contributed by atoms with Gasteiger partial charge in [-0.2, -0.15) is 4.31 Å². The van der Waals surface area contributed by atoms with E-state index in [-0.39, 0.29) is 11.7 Å². The highest BCUT2D eigenvalue weighted by molar-refractivity contribution is 7.89. The largest absolute Gasteiger partial charge is 0.480 e. The fourth-order valence-electron chi connectivity index (χ4n) is 2.10. The van der Waals surface area contributed by atoms with Crippen molar-refractivity contribution < 1.29 is 23.1 Å². The van der Waals surface area contributed by atoms with E-state index in [1.807, 2.05) is 0 Å². The Bertz CT molecular complexity index is 460. The summed E-state index contributed by atoms with van der Waals surface area (Å²) in [6.45, 7) is 5.13. The molecule has 0 radical (unpaired) electrons. The second kappa shape index (κ2) is 5.87. The first-order chi connectivity index (χ1) is 8.66. The fourth-order valence-corrected chi connectivity index (χ4v) is 3.92. The summed E-state index contributed by atoms with van der Waals surface area (Å²) in [6.07, 6.45) is 0.493. The van der Waals surface area contributed by atoms with Gasteiger partial charge in [0.15, 0.2) is 0 Å². The fraction of sp³-hybridized carbons (Fsp3) is 0.818. The number of hydrogen-bond donors (Lipinski definition) is 2. The van der Waals surface area contributed by atoms with Crippen molar-refractivity contribution >= 4 is 21.9 Å². The number of nitrogens with one attached hydrogen (secondary N) is 1. The van der Waals surface area contributed by atoms with E-state index >= 15 is 0 Å². The molecule has 0 saturated carbocycles. The molecule has 1 amide bonds.